The molecule has 2 aromatic rings. The molecule has 0 aromatic heterocycles. The van der Waals surface area contributed by atoms with Crippen LogP contribution < -0.4 is 10.5 Å². The van der Waals surface area contributed by atoms with E-state index >= 15 is 0 Å². The molecule has 8 heteroatoms. The van der Waals surface area contributed by atoms with Crippen LogP contribution in [-0.2, 0) is 14.8 Å². The lowest BCUT2D eigenvalue weighted by Gasteiger charge is -2.29. The van der Waals surface area contributed by atoms with Crippen molar-refractivity contribution in [3.05, 3.63) is 59.9 Å². The normalized spacial score (nSPS) is 15.4. The highest BCUT2D eigenvalue weighted by molar-refractivity contribution is 7.89. The SMILES string of the molecule is CC(c1ccccc1F)N(CCC(=O)Nc1ccc(S(N)(=O)=O)cc1)C1CC1. The number of hydrogen-bond acceptors (Lipinski definition) is 4. The summed E-state index contributed by atoms with van der Waals surface area (Å²) in [6, 6.07) is 12.7. The second-order valence-electron chi connectivity index (χ2n) is 7.03. The number of anilines is 1. The zero-order valence-corrected chi connectivity index (χ0v) is 16.5. The molecule has 1 unspecified atom stereocenters. The van der Waals surface area contributed by atoms with Gasteiger partial charge in [-0.05, 0) is 50.1 Å². The van der Waals surface area contributed by atoms with Gasteiger partial charge in [0.2, 0.25) is 15.9 Å². The minimum Gasteiger partial charge on any atom is -0.326 e. The average Bonchev–Trinajstić information content (AvgIpc) is 3.47. The van der Waals surface area contributed by atoms with Crippen LogP contribution in [0.3, 0.4) is 0 Å². The molecule has 1 aliphatic carbocycles. The molecule has 0 bridgehead atoms. The maximum atomic E-state index is 14.1. The van der Waals surface area contributed by atoms with Gasteiger partial charge in [0.25, 0.3) is 0 Å². The second kappa shape index (κ2) is 8.38. The Balaban J connectivity index is 1.60. The van der Waals surface area contributed by atoms with Crippen LogP contribution in [0.4, 0.5) is 10.1 Å². The van der Waals surface area contributed by atoms with Gasteiger partial charge in [-0.15, -0.1) is 0 Å². The van der Waals surface area contributed by atoms with Gasteiger partial charge in [-0.2, -0.15) is 0 Å². The van der Waals surface area contributed by atoms with Crippen LogP contribution in [0.15, 0.2) is 53.4 Å². The molecule has 0 saturated heterocycles. The smallest absolute Gasteiger partial charge is 0.238 e. The Kier molecular flexibility index (Phi) is 6.12. The van der Waals surface area contributed by atoms with Gasteiger partial charge in [-0.25, -0.2) is 17.9 Å². The third-order valence-corrected chi connectivity index (χ3v) is 5.86. The molecule has 3 N–H and O–H groups in total. The molecule has 1 atom stereocenters. The lowest BCUT2D eigenvalue weighted by Crippen LogP contribution is -2.33. The maximum Gasteiger partial charge on any atom is 0.238 e. The minimum atomic E-state index is -3.76. The molecule has 0 radical (unpaired) electrons. The van der Waals surface area contributed by atoms with Crippen molar-refractivity contribution in [1.29, 1.82) is 0 Å². The highest BCUT2D eigenvalue weighted by Crippen LogP contribution is 2.35. The van der Waals surface area contributed by atoms with Crippen molar-refractivity contribution in [3.8, 4) is 0 Å². The number of halogens is 1. The zero-order valence-electron chi connectivity index (χ0n) is 15.6. The fourth-order valence-corrected chi connectivity index (χ4v) is 3.79. The number of primary sulfonamides is 1. The zero-order chi connectivity index (χ0) is 20.3. The van der Waals surface area contributed by atoms with Gasteiger partial charge >= 0.3 is 0 Å². The average molecular weight is 405 g/mol. The van der Waals surface area contributed by atoms with Crippen LogP contribution >= 0.6 is 0 Å². The summed E-state index contributed by atoms with van der Waals surface area (Å²) in [6.07, 6.45) is 2.36. The minimum absolute atomic E-state index is 0.0101. The molecular weight excluding hydrogens is 381 g/mol. The van der Waals surface area contributed by atoms with Crippen molar-refractivity contribution < 1.29 is 17.6 Å². The molecule has 28 heavy (non-hydrogen) atoms. The Bertz CT molecular complexity index is 943. The van der Waals surface area contributed by atoms with Crippen LogP contribution in [0, 0.1) is 5.82 Å². The van der Waals surface area contributed by atoms with Crippen molar-refractivity contribution >= 4 is 21.6 Å². The van der Waals surface area contributed by atoms with Crippen LogP contribution in [0.2, 0.25) is 0 Å². The highest BCUT2D eigenvalue weighted by atomic mass is 32.2. The summed E-state index contributed by atoms with van der Waals surface area (Å²) in [6.45, 7) is 2.47. The number of nitrogens with one attached hydrogen (secondary N) is 1. The van der Waals surface area contributed by atoms with Gasteiger partial charge in [0.15, 0.2) is 0 Å². The standard InChI is InChI=1S/C20H24FN3O3S/c1-14(18-4-2-3-5-19(18)21)24(16-8-9-16)13-12-20(25)23-15-6-10-17(11-7-15)28(22,26)27/h2-7,10-11,14,16H,8-9,12-13H2,1H3,(H,23,25)(H2,22,26,27). The summed E-state index contributed by atoms with van der Waals surface area (Å²) in [5, 5.41) is 7.81. The monoisotopic (exact) mass is 405 g/mol. The van der Waals surface area contributed by atoms with E-state index in [-0.39, 0.29) is 29.1 Å². The molecule has 150 valence electrons. The van der Waals surface area contributed by atoms with E-state index in [1.807, 2.05) is 13.0 Å². The molecule has 1 fully saturated rings. The second-order valence-corrected chi connectivity index (χ2v) is 8.60. The predicted octanol–water partition coefficient (Wildman–Crippen LogP) is 3.03. The van der Waals surface area contributed by atoms with E-state index in [1.165, 1.54) is 30.3 Å². The molecule has 1 amide bonds. The highest BCUT2D eigenvalue weighted by Gasteiger charge is 2.33. The third-order valence-electron chi connectivity index (χ3n) is 4.93. The Morgan fingerprint density at radius 3 is 2.43 bits per heavy atom. The fourth-order valence-electron chi connectivity index (χ4n) is 3.27. The van der Waals surface area contributed by atoms with E-state index in [1.54, 1.807) is 12.1 Å². The third kappa shape index (κ3) is 5.15. The number of carbonyl (C=O) groups excluding carboxylic acids is 1. The summed E-state index contributed by atoms with van der Waals surface area (Å²) in [5.74, 6) is -0.421. The van der Waals surface area contributed by atoms with Crippen LogP contribution in [0.5, 0.6) is 0 Å². The quantitative estimate of drug-likeness (QED) is 0.706. The first-order valence-electron chi connectivity index (χ1n) is 9.18. The Hall–Kier alpha value is -2.29. The molecular formula is C20H24FN3O3S. The Morgan fingerprint density at radius 2 is 1.86 bits per heavy atom. The van der Waals surface area contributed by atoms with Gasteiger partial charge in [-0.3, -0.25) is 9.69 Å². The summed E-state index contributed by atoms with van der Waals surface area (Å²) >= 11 is 0. The number of sulfonamides is 1. The van der Waals surface area contributed by atoms with Gasteiger partial charge in [-0.1, -0.05) is 18.2 Å². The largest absolute Gasteiger partial charge is 0.326 e. The van der Waals surface area contributed by atoms with Crippen molar-refractivity contribution in [2.75, 3.05) is 11.9 Å². The summed E-state index contributed by atoms with van der Waals surface area (Å²) in [5.41, 5.74) is 1.13. The molecule has 3 rings (SSSR count). The first-order chi connectivity index (χ1) is 13.3. The lowest BCUT2D eigenvalue weighted by atomic mass is 10.1. The van der Waals surface area contributed by atoms with E-state index in [4.69, 9.17) is 5.14 Å². The van der Waals surface area contributed by atoms with Gasteiger partial charge in [0.1, 0.15) is 5.82 Å². The number of nitrogens with two attached hydrogens (primary N) is 1. The van der Waals surface area contributed by atoms with E-state index in [0.717, 1.165) is 12.8 Å². The molecule has 6 nitrogen and oxygen atoms in total. The first-order valence-corrected chi connectivity index (χ1v) is 10.7. The van der Waals surface area contributed by atoms with Crippen molar-refractivity contribution in [3.63, 3.8) is 0 Å². The molecule has 0 aliphatic heterocycles. The van der Waals surface area contributed by atoms with Crippen molar-refractivity contribution in [2.45, 2.75) is 43.2 Å². The van der Waals surface area contributed by atoms with E-state index in [2.05, 4.69) is 10.2 Å². The number of amides is 1. The number of carbonyl (C=O) groups is 1. The van der Waals surface area contributed by atoms with Gasteiger partial charge in [0.05, 0.1) is 4.90 Å². The number of nitrogens with zero attached hydrogens (tertiary/aromatic N) is 1. The Morgan fingerprint density at radius 1 is 1.21 bits per heavy atom. The molecule has 2 aromatic carbocycles. The van der Waals surface area contributed by atoms with Gasteiger partial charge in [0, 0.05) is 36.3 Å². The number of rotatable bonds is 8. The maximum absolute atomic E-state index is 14.1. The topological polar surface area (TPSA) is 92.5 Å². The van der Waals surface area contributed by atoms with Crippen LogP contribution in [0.25, 0.3) is 0 Å². The molecule has 0 spiro atoms. The number of benzene rings is 2. The van der Waals surface area contributed by atoms with Crippen molar-refractivity contribution in [2.24, 2.45) is 5.14 Å². The molecule has 0 heterocycles. The van der Waals surface area contributed by atoms with Crippen molar-refractivity contribution in [1.82, 2.24) is 4.90 Å². The Labute approximate surface area is 164 Å². The van der Waals surface area contributed by atoms with Gasteiger partial charge < -0.3 is 5.32 Å². The van der Waals surface area contributed by atoms with E-state index in [9.17, 15) is 17.6 Å². The predicted molar refractivity (Wildman–Crippen MR) is 106 cm³/mol. The lowest BCUT2D eigenvalue weighted by molar-refractivity contribution is -0.116. The summed E-state index contributed by atoms with van der Waals surface area (Å²) in [7, 11) is -3.76. The molecule has 1 saturated carbocycles. The summed E-state index contributed by atoms with van der Waals surface area (Å²) in [4.78, 5) is 14.5. The first kappa shape index (κ1) is 20.4. The van der Waals surface area contributed by atoms with Crippen LogP contribution in [-0.4, -0.2) is 31.8 Å². The fraction of sp³-hybridized carbons (Fsp3) is 0.350. The van der Waals surface area contributed by atoms with E-state index < -0.39 is 10.0 Å². The molecule has 1 aliphatic rings. The van der Waals surface area contributed by atoms with Crippen LogP contribution in [0.1, 0.15) is 37.8 Å². The summed E-state index contributed by atoms with van der Waals surface area (Å²) < 4.78 is 36.7. The number of hydrogen-bond donors (Lipinski definition) is 2. The van der Waals surface area contributed by atoms with E-state index in [0.29, 0.717) is 23.8 Å².